The maximum atomic E-state index is 5.94. The number of aryl methyl sites for hydroxylation is 1. The van der Waals surface area contributed by atoms with Crippen LogP contribution in [-0.4, -0.2) is 16.2 Å². The number of aromatic nitrogens is 2. The van der Waals surface area contributed by atoms with Crippen LogP contribution < -0.4 is 11.1 Å². The topological polar surface area (TPSA) is 63.8 Å². The third kappa shape index (κ3) is 3.32. The molecule has 0 saturated carbocycles. The summed E-state index contributed by atoms with van der Waals surface area (Å²) in [4.78, 5) is 2.58. The van der Waals surface area contributed by atoms with Crippen molar-refractivity contribution >= 4 is 54.5 Å². The SMILES string of the molecule is Cc1c(C[C@H](C)N)sc2c(NCc3ccc(Br)s3)cnnc12. The molecule has 0 aliphatic heterocycles. The molecule has 22 heavy (non-hydrogen) atoms. The number of nitrogens with zero attached hydrogens (tertiary/aromatic N) is 2. The second-order valence-corrected chi connectivity index (χ2v) is 8.98. The van der Waals surface area contributed by atoms with Crippen LogP contribution in [0.2, 0.25) is 0 Å². The molecule has 1 atom stereocenters. The fourth-order valence-electron chi connectivity index (χ4n) is 2.30. The van der Waals surface area contributed by atoms with Gasteiger partial charge in [0.15, 0.2) is 0 Å². The molecule has 0 spiro atoms. The monoisotopic (exact) mass is 396 g/mol. The number of fused-ring (bicyclic) bond motifs is 1. The van der Waals surface area contributed by atoms with Crippen molar-refractivity contribution < 1.29 is 0 Å². The van der Waals surface area contributed by atoms with Gasteiger partial charge in [0.1, 0.15) is 5.52 Å². The minimum absolute atomic E-state index is 0.152. The highest BCUT2D eigenvalue weighted by molar-refractivity contribution is 9.11. The Morgan fingerprint density at radius 3 is 2.86 bits per heavy atom. The van der Waals surface area contributed by atoms with E-state index in [4.69, 9.17) is 5.73 Å². The zero-order valence-electron chi connectivity index (χ0n) is 12.4. The summed E-state index contributed by atoms with van der Waals surface area (Å²) >= 11 is 6.99. The molecule has 3 rings (SSSR count). The number of hydrogen-bond donors (Lipinski definition) is 2. The zero-order valence-corrected chi connectivity index (χ0v) is 15.6. The van der Waals surface area contributed by atoms with Crippen LogP contribution in [0.5, 0.6) is 0 Å². The molecule has 3 aromatic rings. The predicted octanol–water partition coefficient (Wildman–Crippen LogP) is 4.33. The number of hydrogen-bond acceptors (Lipinski definition) is 6. The Kier molecular flexibility index (Phi) is 4.77. The Balaban J connectivity index is 1.89. The van der Waals surface area contributed by atoms with Crippen LogP contribution >= 0.6 is 38.6 Å². The van der Waals surface area contributed by atoms with Gasteiger partial charge < -0.3 is 11.1 Å². The highest BCUT2D eigenvalue weighted by Gasteiger charge is 2.14. The molecular weight excluding hydrogens is 380 g/mol. The quantitative estimate of drug-likeness (QED) is 0.673. The number of halogens is 1. The molecule has 0 saturated heterocycles. The first kappa shape index (κ1) is 15.9. The molecule has 0 radical (unpaired) electrons. The van der Waals surface area contributed by atoms with Crippen molar-refractivity contribution in [2.24, 2.45) is 5.73 Å². The number of rotatable bonds is 5. The van der Waals surface area contributed by atoms with E-state index in [1.165, 1.54) is 20.0 Å². The van der Waals surface area contributed by atoms with Crippen LogP contribution in [-0.2, 0) is 13.0 Å². The predicted molar refractivity (Wildman–Crippen MR) is 98.9 cm³/mol. The normalized spacial score (nSPS) is 12.7. The molecule has 0 unspecified atom stereocenters. The standard InChI is InChI=1S/C15H17BrN4S2/c1-8(17)5-12-9(2)14-15(22-12)11(7-19-20-14)18-6-10-3-4-13(16)21-10/h3-4,7-8H,5-6,17H2,1-2H3,(H,18,20)/t8-/m0/s1. The summed E-state index contributed by atoms with van der Waals surface area (Å²) in [7, 11) is 0. The first-order valence-electron chi connectivity index (χ1n) is 7.02. The summed E-state index contributed by atoms with van der Waals surface area (Å²) in [5.74, 6) is 0. The molecule has 3 N–H and O–H groups in total. The van der Waals surface area contributed by atoms with Gasteiger partial charge in [0.25, 0.3) is 0 Å². The molecule has 7 heteroatoms. The van der Waals surface area contributed by atoms with Gasteiger partial charge in [-0.1, -0.05) is 0 Å². The van der Waals surface area contributed by atoms with Crippen molar-refractivity contribution in [3.8, 4) is 0 Å². The first-order valence-corrected chi connectivity index (χ1v) is 9.44. The highest BCUT2D eigenvalue weighted by atomic mass is 79.9. The van der Waals surface area contributed by atoms with Crippen LogP contribution in [0, 0.1) is 6.92 Å². The van der Waals surface area contributed by atoms with Crippen molar-refractivity contribution in [2.45, 2.75) is 32.9 Å². The summed E-state index contributed by atoms with van der Waals surface area (Å²) in [6.07, 6.45) is 2.68. The summed E-state index contributed by atoms with van der Waals surface area (Å²) in [6, 6.07) is 4.34. The molecule has 0 bridgehead atoms. The van der Waals surface area contributed by atoms with Gasteiger partial charge in [-0.3, -0.25) is 0 Å². The Bertz CT molecular complexity index is 794. The van der Waals surface area contributed by atoms with Crippen molar-refractivity contribution in [1.29, 1.82) is 0 Å². The zero-order chi connectivity index (χ0) is 15.7. The molecule has 0 amide bonds. The lowest BCUT2D eigenvalue weighted by Gasteiger charge is -2.04. The summed E-state index contributed by atoms with van der Waals surface area (Å²) in [5, 5.41) is 11.9. The first-order chi connectivity index (χ1) is 10.5. The number of anilines is 1. The molecule has 0 aromatic carbocycles. The minimum Gasteiger partial charge on any atom is -0.378 e. The van der Waals surface area contributed by atoms with Crippen LogP contribution in [0.4, 0.5) is 5.69 Å². The van der Waals surface area contributed by atoms with Crippen LogP contribution in [0.1, 0.15) is 22.2 Å². The molecule has 4 nitrogen and oxygen atoms in total. The summed E-state index contributed by atoms with van der Waals surface area (Å²) in [6.45, 7) is 4.92. The summed E-state index contributed by atoms with van der Waals surface area (Å²) < 4.78 is 2.31. The third-order valence-corrected chi connectivity index (χ3v) is 6.35. The number of nitrogens with one attached hydrogen (secondary N) is 1. The van der Waals surface area contributed by atoms with E-state index in [2.05, 4.69) is 50.5 Å². The number of thiophene rings is 2. The molecule has 0 fully saturated rings. The van der Waals surface area contributed by atoms with E-state index < -0.39 is 0 Å². The maximum Gasteiger partial charge on any atom is 0.109 e. The van der Waals surface area contributed by atoms with Gasteiger partial charge in [0, 0.05) is 22.3 Å². The number of nitrogens with two attached hydrogens (primary N) is 1. The Morgan fingerprint density at radius 1 is 1.36 bits per heavy atom. The van der Waals surface area contributed by atoms with Gasteiger partial charge in [-0.15, -0.1) is 27.8 Å². The molecular formula is C15H17BrN4S2. The molecule has 0 aliphatic rings. The van der Waals surface area contributed by atoms with Crippen molar-refractivity contribution in [2.75, 3.05) is 5.32 Å². The van der Waals surface area contributed by atoms with E-state index in [0.717, 1.165) is 28.0 Å². The van der Waals surface area contributed by atoms with E-state index in [1.54, 1.807) is 28.9 Å². The average molecular weight is 397 g/mol. The van der Waals surface area contributed by atoms with Crippen molar-refractivity contribution in [1.82, 2.24) is 10.2 Å². The van der Waals surface area contributed by atoms with Gasteiger partial charge >= 0.3 is 0 Å². The van der Waals surface area contributed by atoms with Gasteiger partial charge in [-0.25, -0.2) is 0 Å². The second kappa shape index (κ2) is 6.62. The average Bonchev–Trinajstić information content (AvgIpc) is 3.02. The van der Waals surface area contributed by atoms with Crippen molar-refractivity contribution in [3.05, 3.63) is 37.4 Å². The maximum absolute atomic E-state index is 5.94. The van der Waals surface area contributed by atoms with Gasteiger partial charge in [0.2, 0.25) is 0 Å². The Morgan fingerprint density at radius 2 is 2.18 bits per heavy atom. The van der Waals surface area contributed by atoms with Gasteiger partial charge in [-0.2, -0.15) is 5.10 Å². The fraction of sp³-hybridized carbons (Fsp3) is 0.333. The van der Waals surface area contributed by atoms with Crippen LogP contribution in [0.15, 0.2) is 22.1 Å². The second-order valence-electron chi connectivity index (χ2n) is 5.33. The van der Waals surface area contributed by atoms with Crippen LogP contribution in [0.3, 0.4) is 0 Å². The van der Waals surface area contributed by atoms with Gasteiger partial charge in [0.05, 0.1) is 20.4 Å². The Hall–Kier alpha value is -1.02. The molecule has 116 valence electrons. The van der Waals surface area contributed by atoms with Crippen molar-refractivity contribution in [3.63, 3.8) is 0 Å². The smallest absolute Gasteiger partial charge is 0.109 e. The van der Waals surface area contributed by atoms with Crippen LogP contribution in [0.25, 0.3) is 10.2 Å². The lowest BCUT2D eigenvalue weighted by atomic mass is 10.1. The Labute approximate surface area is 145 Å². The van der Waals surface area contributed by atoms with E-state index >= 15 is 0 Å². The molecule has 3 heterocycles. The minimum atomic E-state index is 0.152. The third-order valence-electron chi connectivity index (χ3n) is 3.39. The fourth-order valence-corrected chi connectivity index (χ4v) is 5.09. The largest absolute Gasteiger partial charge is 0.378 e. The van der Waals surface area contributed by atoms with Gasteiger partial charge in [-0.05, 0) is 53.9 Å². The lowest BCUT2D eigenvalue weighted by Crippen LogP contribution is -2.17. The molecule has 3 aromatic heterocycles. The van der Waals surface area contributed by atoms with E-state index in [0.29, 0.717) is 0 Å². The van der Waals surface area contributed by atoms with E-state index in [-0.39, 0.29) is 6.04 Å². The summed E-state index contributed by atoms with van der Waals surface area (Å²) in [5.41, 5.74) is 9.17. The van der Waals surface area contributed by atoms with E-state index in [9.17, 15) is 0 Å². The lowest BCUT2D eigenvalue weighted by molar-refractivity contribution is 0.744. The van der Waals surface area contributed by atoms with E-state index in [1.807, 2.05) is 6.92 Å². The molecule has 0 aliphatic carbocycles. The highest BCUT2D eigenvalue weighted by Crippen LogP contribution is 2.35.